The van der Waals surface area contributed by atoms with Crippen molar-refractivity contribution in [3.8, 4) is 17.2 Å². The van der Waals surface area contributed by atoms with Gasteiger partial charge < -0.3 is 4.90 Å². The highest BCUT2D eigenvalue weighted by Gasteiger charge is 2.48. The minimum atomic E-state index is -4.43. The summed E-state index contributed by atoms with van der Waals surface area (Å²) in [7, 11) is -7.91. The summed E-state index contributed by atoms with van der Waals surface area (Å²) >= 11 is 0. The van der Waals surface area contributed by atoms with Crippen molar-refractivity contribution >= 4 is 31.5 Å². The molecule has 1 unspecified atom stereocenters. The number of carbonyl (C=O) groups excluding carboxylic acids is 1. The summed E-state index contributed by atoms with van der Waals surface area (Å²) in [5, 5.41) is 9.02. The van der Waals surface area contributed by atoms with Gasteiger partial charge in [0.15, 0.2) is 9.84 Å². The van der Waals surface area contributed by atoms with E-state index < -0.39 is 31.6 Å². The van der Waals surface area contributed by atoms with Crippen molar-refractivity contribution in [1.29, 1.82) is 5.26 Å². The lowest BCUT2D eigenvalue weighted by molar-refractivity contribution is -0.133. The van der Waals surface area contributed by atoms with Crippen molar-refractivity contribution in [2.45, 2.75) is 28.4 Å². The molecule has 36 heavy (non-hydrogen) atoms. The molecule has 1 amide bonds. The van der Waals surface area contributed by atoms with E-state index >= 15 is 4.39 Å². The van der Waals surface area contributed by atoms with Crippen LogP contribution in [-0.4, -0.2) is 41.3 Å². The van der Waals surface area contributed by atoms with E-state index in [2.05, 4.69) is 0 Å². The summed E-state index contributed by atoms with van der Waals surface area (Å²) in [5.41, 5.74) is 1.51. The zero-order valence-corrected chi connectivity index (χ0v) is 20.8. The number of hydrogen-bond donors (Lipinski definition) is 1. The minimum Gasteiger partial charge on any atom is -0.308 e. The SMILES string of the molecule is CS(=O)(=O)c1ccccc1-c1ccc(N2CCCC(F)(NS(=O)(=O)c3cccc(C#N)c3)C2=O)cc1. The fraction of sp³-hybridized carbons (Fsp3) is 0.200. The van der Waals surface area contributed by atoms with Gasteiger partial charge in [0.25, 0.3) is 11.7 Å². The summed E-state index contributed by atoms with van der Waals surface area (Å²) < 4.78 is 67.5. The molecule has 1 heterocycles. The van der Waals surface area contributed by atoms with Gasteiger partial charge in [-0.2, -0.15) is 9.98 Å². The number of piperidine rings is 1. The maximum atomic E-state index is 15.8. The van der Waals surface area contributed by atoms with Gasteiger partial charge in [0.1, 0.15) is 0 Å². The number of carbonyl (C=O) groups is 1. The molecule has 0 spiro atoms. The van der Waals surface area contributed by atoms with Crippen molar-refractivity contribution in [1.82, 2.24) is 4.72 Å². The third-order valence-corrected chi connectivity index (χ3v) is 8.45. The smallest absolute Gasteiger partial charge is 0.280 e. The number of sulfonamides is 1. The average molecular weight is 528 g/mol. The Hall–Kier alpha value is -3.59. The molecule has 1 atom stereocenters. The van der Waals surface area contributed by atoms with Crippen LogP contribution in [0.25, 0.3) is 11.1 Å². The zero-order chi connectivity index (χ0) is 26.1. The van der Waals surface area contributed by atoms with Crippen molar-refractivity contribution in [2.75, 3.05) is 17.7 Å². The number of rotatable bonds is 6. The largest absolute Gasteiger partial charge is 0.308 e. The summed E-state index contributed by atoms with van der Waals surface area (Å²) in [6.07, 6.45) is 0.964. The number of amides is 1. The van der Waals surface area contributed by atoms with Crippen LogP contribution in [0.15, 0.2) is 82.6 Å². The van der Waals surface area contributed by atoms with Crippen LogP contribution < -0.4 is 9.62 Å². The molecule has 0 aromatic heterocycles. The molecular weight excluding hydrogens is 505 g/mol. The normalized spacial score (nSPS) is 18.6. The van der Waals surface area contributed by atoms with E-state index in [0.717, 1.165) is 17.2 Å². The van der Waals surface area contributed by atoms with E-state index in [-0.39, 0.29) is 34.7 Å². The van der Waals surface area contributed by atoms with Gasteiger partial charge in [-0.1, -0.05) is 36.4 Å². The lowest BCUT2D eigenvalue weighted by Gasteiger charge is -2.36. The first-order valence-corrected chi connectivity index (χ1v) is 14.3. The highest BCUT2D eigenvalue weighted by atomic mass is 32.2. The van der Waals surface area contributed by atoms with Gasteiger partial charge in [-0.05, 0) is 48.4 Å². The maximum Gasteiger partial charge on any atom is 0.280 e. The second-order valence-electron chi connectivity index (χ2n) is 8.42. The number of nitriles is 1. The molecule has 0 radical (unpaired) electrons. The van der Waals surface area contributed by atoms with Gasteiger partial charge in [0, 0.05) is 30.5 Å². The first-order valence-electron chi connectivity index (χ1n) is 10.9. The number of nitrogens with one attached hydrogen (secondary N) is 1. The molecule has 3 aromatic rings. The number of nitrogens with zero attached hydrogens (tertiary/aromatic N) is 2. The van der Waals surface area contributed by atoms with Crippen molar-refractivity contribution in [2.24, 2.45) is 0 Å². The minimum absolute atomic E-state index is 0.0833. The van der Waals surface area contributed by atoms with Gasteiger partial charge in [-0.3, -0.25) is 4.79 Å². The Kier molecular flexibility index (Phi) is 6.70. The lowest BCUT2D eigenvalue weighted by Crippen LogP contribution is -2.60. The zero-order valence-electron chi connectivity index (χ0n) is 19.2. The van der Waals surface area contributed by atoms with Crippen LogP contribution >= 0.6 is 0 Å². The number of alkyl halides is 1. The number of anilines is 1. The first kappa shape index (κ1) is 25.5. The molecule has 0 bridgehead atoms. The molecule has 1 saturated heterocycles. The molecule has 1 aliphatic heterocycles. The van der Waals surface area contributed by atoms with Crippen LogP contribution in [-0.2, 0) is 24.7 Å². The van der Waals surface area contributed by atoms with E-state index in [1.165, 1.54) is 24.3 Å². The van der Waals surface area contributed by atoms with E-state index in [1.807, 2.05) is 10.8 Å². The number of benzene rings is 3. The topological polar surface area (TPSA) is 124 Å². The molecule has 186 valence electrons. The molecule has 3 aromatic carbocycles. The number of halogens is 1. The summed E-state index contributed by atoms with van der Waals surface area (Å²) in [6, 6.07) is 19.8. The summed E-state index contributed by atoms with van der Waals surface area (Å²) in [5.74, 6) is -3.93. The highest BCUT2D eigenvalue weighted by Crippen LogP contribution is 2.33. The van der Waals surface area contributed by atoms with E-state index in [1.54, 1.807) is 42.5 Å². The third-order valence-electron chi connectivity index (χ3n) is 5.83. The monoisotopic (exact) mass is 527 g/mol. The van der Waals surface area contributed by atoms with Crippen LogP contribution in [0.2, 0.25) is 0 Å². The van der Waals surface area contributed by atoms with Crippen LogP contribution in [0.3, 0.4) is 0 Å². The van der Waals surface area contributed by atoms with Crippen molar-refractivity contribution in [3.05, 3.63) is 78.4 Å². The summed E-state index contributed by atoms with van der Waals surface area (Å²) in [4.78, 5) is 14.1. The molecule has 0 saturated carbocycles. The van der Waals surface area contributed by atoms with Gasteiger partial charge in [-0.15, -0.1) is 0 Å². The predicted octanol–water partition coefficient (Wildman–Crippen LogP) is 3.40. The van der Waals surface area contributed by atoms with Crippen LogP contribution in [0.1, 0.15) is 18.4 Å². The van der Waals surface area contributed by atoms with Gasteiger partial charge in [0.05, 0.1) is 21.4 Å². The van der Waals surface area contributed by atoms with E-state index in [9.17, 15) is 21.6 Å². The number of hydrogen-bond acceptors (Lipinski definition) is 6. The van der Waals surface area contributed by atoms with Crippen LogP contribution in [0.4, 0.5) is 10.1 Å². The van der Waals surface area contributed by atoms with Gasteiger partial charge in [0.2, 0.25) is 10.0 Å². The quantitative estimate of drug-likeness (QED) is 0.490. The second kappa shape index (κ2) is 9.46. The first-order chi connectivity index (χ1) is 16.9. The Bertz CT molecular complexity index is 1580. The Balaban J connectivity index is 1.61. The number of sulfone groups is 1. The van der Waals surface area contributed by atoms with Crippen LogP contribution in [0, 0.1) is 11.3 Å². The van der Waals surface area contributed by atoms with Crippen molar-refractivity contribution < 1.29 is 26.0 Å². The van der Waals surface area contributed by atoms with Crippen molar-refractivity contribution in [3.63, 3.8) is 0 Å². The maximum absolute atomic E-state index is 15.8. The molecule has 0 aliphatic carbocycles. The highest BCUT2D eigenvalue weighted by molar-refractivity contribution is 7.91. The standard InChI is InChI=1S/C25H22FN3O5S2/c1-35(31,32)23-9-3-2-8-22(23)19-10-12-20(13-11-19)29-15-5-14-25(26,24(29)30)28-36(33,34)21-7-4-6-18(16-21)17-27/h2-4,6-13,16,28H,5,14-15H2,1H3. The molecule has 1 fully saturated rings. The summed E-state index contributed by atoms with van der Waals surface area (Å²) in [6.45, 7) is 0.176. The lowest BCUT2D eigenvalue weighted by atomic mass is 10.0. The Morgan fingerprint density at radius 3 is 2.36 bits per heavy atom. The van der Waals surface area contributed by atoms with E-state index in [4.69, 9.17) is 5.26 Å². The van der Waals surface area contributed by atoms with Gasteiger partial charge >= 0.3 is 0 Å². The third kappa shape index (κ3) is 5.02. The van der Waals surface area contributed by atoms with E-state index in [0.29, 0.717) is 16.8 Å². The Labute approximate surface area is 209 Å². The second-order valence-corrected chi connectivity index (χ2v) is 12.1. The molecule has 11 heteroatoms. The Morgan fingerprint density at radius 1 is 1.00 bits per heavy atom. The average Bonchev–Trinajstić information content (AvgIpc) is 2.85. The fourth-order valence-corrected chi connectivity index (χ4v) is 6.28. The molecule has 1 aliphatic rings. The van der Waals surface area contributed by atoms with Gasteiger partial charge in [-0.25, -0.2) is 21.2 Å². The Morgan fingerprint density at radius 2 is 1.69 bits per heavy atom. The molecular formula is C25H22FN3O5S2. The van der Waals surface area contributed by atoms with Crippen LogP contribution in [0.5, 0.6) is 0 Å². The molecule has 4 rings (SSSR count). The molecule has 1 N–H and O–H groups in total. The fourth-order valence-electron chi connectivity index (χ4n) is 4.10. The predicted molar refractivity (Wildman–Crippen MR) is 132 cm³/mol. The molecule has 8 nitrogen and oxygen atoms in total.